The van der Waals surface area contributed by atoms with Crippen molar-refractivity contribution >= 4 is 0 Å². The van der Waals surface area contributed by atoms with Gasteiger partial charge in [-0.15, -0.1) is 0 Å². The lowest BCUT2D eigenvalue weighted by atomic mass is 9.84. The zero-order valence-electron chi connectivity index (χ0n) is 10.5. The lowest BCUT2D eigenvalue weighted by molar-refractivity contribution is 0.312. The molecule has 94 valence electrons. The average Bonchev–Trinajstić information content (AvgIpc) is 2.41. The minimum absolute atomic E-state index is 0.697. The third-order valence-corrected chi connectivity index (χ3v) is 3.55. The van der Waals surface area contributed by atoms with E-state index in [1.807, 2.05) is 6.07 Å². The molecule has 1 saturated carbocycles. The first kappa shape index (κ1) is 12.4. The Morgan fingerprint density at radius 3 is 2.76 bits per heavy atom. The Bertz CT molecular complexity index is 331. The van der Waals surface area contributed by atoms with Gasteiger partial charge in [0, 0.05) is 0 Å². The van der Waals surface area contributed by atoms with E-state index in [4.69, 9.17) is 10.5 Å². The Labute approximate surface area is 104 Å². The van der Waals surface area contributed by atoms with E-state index in [-0.39, 0.29) is 0 Å². The van der Waals surface area contributed by atoms with Crippen molar-refractivity contribution in [1.82, 2.24) is 0 Å². The number of hydrogen-bond donors (Lipinski definition) is 1. The molecule has 1 fully saturated rings. The molecule has 2 heteroatoms. The third kappa shape index (κ3) is 3.74. The molecular formula is C15H23NO. The highest BCUT2D eigenvalue weighted by molar-refractivity contribution is 5.31. The van der Waals surface area contributed by atoms with E-state index in [2.05, 4.69) is 18.2 Å². The van der Waals surface area contributed by atoms with Gasteiger partial charge in [-0.05, 0) is 49.4 Å². The van der Waals surface area contributed by atoms with Crippen LogP contribution in [0.1, 0.15) is 50.0 Å². The first-order chi connectivity index (χ1) is 8.40. The van der Waals surface area contributed by atoms with Crippen molar-refractivity contribution in [2.45, 2.75) is 44.4 Å². The van der Waals surface area contributed by atoms with Gasteiger partial charge < -0.3 is 10.5 Å². The van der Waals surface area contributed by atoms with E-state index in [9.17, 15) is 0 Å². The molecule has 0 saturated heterocycles. The predicted octanol–water partition coefficient (Wildman–Crippen LogP) is 3.46. The fourth-order valence-electron chi connectivity index (χ4n) is 2.57. The Balaban J connectivity index is 1.95. The van der Waals surface area contributed by atoms with E-state index < -0.39 is 0 Å². The van der Waals surface area contributed by atoms with Crippen molar-refractivity contribution in [3.05, 3.63) is 29.8 Å². The molecule has 0 bridgehead atoms. The molecule has 2 nitrogen and oxygen atoms in total. The topological polar surface area (TPSA) is 35.2 Å². The Kier molecular flexibility index (Phi) is 4.87. The normalized spacial score (nSPS) is 17.0. The van der Waals surface area contributed by atoms with E-state index in [1.54, 1.807) is 0 Å². The van der Waals surface area contributed by atoms with Crippen molar-refractivity contribution in [3.8, 4) is 5.75 Å². The van der Waals surface area contributed by atoms with Gasteiger partial charge in [0.25, 0.3) is 0 Å². The molecule has 0 amide bonds. The number of rotatable bonds is 5. The number of benzene rings is 1. The fourth-order valence-corrected chi connectivity index (χ4v) is 2.57. The van der Waals surface area contributed by atoms with Gasteiger partial charge >= 0.3 is 0 Å². The van der Waals surface area contributed by atoms with Gasteiger partial charge in [0.1, 0.15) is 5.75 Å². The molecule has 0 atom stereocenters. The summed E-state index contributed by atoms with van der Waals surface area (Å²) in [4.78, 5) is 0. The van der Waals surface area contributed by atoms with Gasteiger partial charge in [-0.3, -0.25) is 0 Å². The Hall–Kier alpha value is -1.02. The van der Waals surface area contributed by atoms with E-state index in [0.717, 1.165) is 24.7 Å². The molecular weight excluding hydrogens is 210 g/mol. The van der Waals surface area contributed by atoms with Gasteiger partial charge in [-0.2, -0.15) is 0 Å². The largest absolute Gasteiger partial charge is 0.494 e. The molecule has 0 radical (unpaired) electrons. The van der Waals surface area contributed by atoms with Crippen LogP contribution in [0.2, 0.25) is 0 Å². The number of hydrogen-bond acceptors (Lipinski definition) is 2. The summed E-state index contributed by atoms with van der Waals surface area (Å²) < 4.78 is 5.70. The minimum Gasteiger partial charge on any atom is -0.494 e. The van der Waals surface area contributed by atoms with Crippen molar-refractivity contribution in [2.75, 3.05) is 13.2 Å². The van der Waals surface area contributed by atoms with Gasteiger partial charge in [-0.25, -0.2) is 0 Å². The second-order valence-corrected chi connectivity index (χ2v) is 4.90. The maximum absolute atomic E-state index is 5.70. The first-order valence-corrected chi connectivity index (χ1v) is 6.83. The maximum atomic E-state index is 5.70. The van der Waals surface area contributed by atoms with Crippen LogP contribution in [0.25, 0.3) is 0 Å². The Morgan fingerprint density at radius 1 is 1.18 bits per heavy atom. The van der Waals surface area contributed by atoms with Crippen LogP contribution >= 0.6 is 0 Å². The molecule has 1 aromatic carbocycles. The summed E-state index contributed by atoms with van der Waals surface area (Å²) in [5, 5.41) is 0. The van der Waals surface area contributed by atoms with Crippen molar-refractivity contribution in [3.63, 3.8) is 0 Å². The van der Waals surface area contributed by atoms with Gasteiger partial charge in [0.2, 0.25) is 0 Å². The molecule has 1 aliphatic carbocycles. The summed E-state index contributed by atoms with van der Waals surface area (Å²) in [6.07, 6.45) is 7.77. The average molecular weight is 233 g/mol. The van der Waals surface area contributed by atoms with Crippen LogP contribution in [-0.2, 0) is 0 Å². The molecule has 0 aliphatic heterocycles. The summed E-state index contributed by atoms with van der Waals surface area (Å²) >= 11 is 0. The van der Waals surface area contributed by atoms with E-state index in [1.165, 1.54) is 37.7 Å². The van der Waals surface area contributed by atoms with Crippen LogP contribution < -0.4 is 10.5 Å². The van der Waals surface area contributed by atoms with Crippen LogP contribution in [0, 0.1) is 0 Å². The van der Waals surface area contributed by atoms with Crippen LogP contribution in [0.5, 0.6) is 5.75 Å². The highest BCUT2D eigenvalue weighted by Crippen LogP contribution is 2.33. The molecule has 2 N–H and O–H groups in total. The second kappa shape index (κ2) is 6.65. The Morgan fingerprint density at radius 2 is 2.00 bits per heavy atom. The molecule has 2 rings (SSSR count). The minimum atomic E-state index is 0.697. The van der Waals surface area contributed by atoms with E-state index >= 15 is 0 Å². The van der Waals surface area contributed by atoms with Gasteiger partial charge in [0.05, 0.1) is 6.61 Å². The second-order valence-electron chi connectivity index (χ2n) is 4.90. The zero-order valence-corrected chi connectivity index (χ0v) is 10.5. The molecule has 1 aromatic rings. The van der Waals surface area contributed by atoms with E-state index in [0.29, 0.717) is 6.54 Å². The van der Waals surface area contributed by atoms with Crippen LogP contribution in [0.15, 0.2) is 24.3 Å². The molecule has 17 heavy (non-hydrogen) atoms. The first-order valence-electron chi connectivity index (χ1n) is 6.83. The van der Waals surface area contributed by atoms with Crippen LogP contribution in [-0.4, -0.2) is 13.2 Å². The molecule has 0 heterocycles. The smallest absolute Gasteiger partial charge is 0.119 e. The summed E-state index contributed by atoms with van der Waals surface area (Å²) in [5.74, 6) is 1.75. The highest BCUT2D eigenvalue weighted by atomic mass is 16.5. The number of ether oxygens (including phenoxy) is 1. The lowest BCUT2D eigenvalue weighted by Crippen LogP contribution is -2.07. The quantitative estimate of drug-likeness (QED) is 0.790. The monoisotopic (exact) mass is 233 g/mol. The summed E-state index contributed by atoms with van der Waals surface area (Å²) in [5.41, 5.74) is 6.91. The van der Waals surface area contributed by atoms with Crippen molar-refractivity contribution in [1.29, 1.82) is 0 Å². The van der Waals surface area contributed by atoms with Gasteiger partial charge in [-0.1, -0.05) is 31.4 Å². The zero-order chi connectivity index (χ0) is 11.9. The fraction of sp³-hybridized carbons (Fsp3) is 0.600. The SMILES string of the molecule is NCCCOc1cccc(C2CCCCC2)c1. The summed E-state index contributed by atoms with van der Waals surface area (Å²) in [7, 11) is 0. The number of nitrogens with two attached hydrogens (primary N) is 1. The standard InChI is InChI=1S/C15H23NO/c16-10-5-11-17-15-9-4-8-14(12-15)13-6-2-1-3-7-13/h4,8-9,12-13H,1-3,5-7,10-11,16H2. The molecule has 1 aliphatic rings. The summed E-state index contributed by atoms with van der Waals surface area (Å²) in [6.45, 7) is 1.42. The van der Waals surface area contributed by atoms with Crippen LogP contribution in [0.4, 0.5) is 0 Å². The lowest BCUT2D eigenvalue weighted by Gasteiger charge is -2.22. The van der Waals surface area contributed by atoms with Crippen LogP contribution in [0.3, 0.4) is 0 Å². The molecule has 0 aromatic heterocycles. The molecule has 0 spiro atoms. The van der Waals surface area contributed by atoms with Gasteiger partial charge in [0.15, 0.2) is 0 Å². The maximum Gasteiger partial charge on any atom is 0.119 e. The predicted molar refractivity (Wildman–Crippen MR) is 71.4 cm³/mol. The highest BCUT2D eigenvalue weighted by Gasteiger charge is 2.15. The van der Waals surface area contributed by atoms with Crippen molar-refractivity contribution in [2.24, 2.45) is 5.73 Å². The summed E-state index contributed by atoms with van der Waals surface area (Å²) in [6, 6.07) is 8.61. The molecule has 0 unspecified atom stereocenters. The van der Waals surface area contributed by atoms with Crippen molar-refractivity contribution < 1.29 is 4.74 Å². The third-order valence-electron chi connectivity index (χ3n) is 3.55.